The van der Waals surface area contributed by atoms with Gasteiger partial charge in [-0.2, -0.15) is 11.4 Å². The van der Waals surface area contributed by atoms with Crippen LogP contribution < -0.4 is 0 Å². The van der Waals surface area contributed by atoms with E-state index in [-0.39, 0.29) is 17.0 Å². The van der Waals surface area contributed by atoms with Crippen molar-refractivity contribution in [1.82, 2.24) is 0 Å². The molecule has 0 aliphatic heterocycles. The van der Waals surface area contributed by atoms with Gasteiger partial charge in [-0.05, 0) is 0 Å². The summed E-state index contributed by atoms with van der Waals surface area (Å²) in [4.78, 5) is 0. The molecule has 0 amide bonds. The topological polar surface area (TPSA) is 0 Å². The Hall–Kier alpha value is 1.09. The Labute approximate surface area is 77.7 Å². The SMILES string of the molecule is Br.[Cl][Zn+].[c-]1cccs1. The summed E-state index contributed by atoms with van der Waals surface area (Å²) in [6.07, 6.45) is 0. The predicted molar refractivity (Wildman–Crippen MR) is 39.3 cm³/mol. The molecule has 0 fully saturated rings. The summed E-state index contributed by atoms with van der Waals surface area (Å²) in [5.41, 5.74) is 0. The van der Waals surface area contributed by atoms with Crippen LogP contribution in [0, 0.1) is 5.38 Å². The van der Waals surface area contributed by atoms with Crippen molar-refractivity contribution in [2.45, 2.75) is 0 Å². The monoisotopic (exact) mass is 262 g/mol. The minimum absolute atomic E-state index is 0. The van der Waals surface area contributed by atoms with Crippen molar-refractivity contribution < 1.29 is 17.3 Å². The van der Waals surface area contributed by atoms with Gasteiger partial charge < -0.3 is 11.3 Å². The van der Waals surface area contributed by atoms with Crippen molar-refractivity contribution in [3.8, 4) is 0 Å². The zero-order valence-electron chi connectivity index (χ0n) is 4.13. The number of thiophene rings is 1. The Morgan fingerprint density at radius 2 is 2.12 bits per heavy atom. The molecule has 0 saturated carbocycles. The van der Waals surface area contributed by atoms with Gasteiger partial charge in [-0.15, -0.1) is 22.4 Å². The first-order valence-electron chi connectivity index (χ1n) is 1.66. The Morgan fingerprint density at radius 1 is 1.50 bits per heavy atom. The fourth-order valence-electron chi connectivity index (χ4n) is 0.196. The van der Waals surface area contributed by atoms with Gasteiger partial charge in [0.05, 0.1) is 0 Å². The van der Waals surface area contributed by atoms with Gasteiger partial charge in [0.1, 0.15) is 0 Å². The third kappa shape index (κ3) is 7.09. The Bertz CT molecular complexity index is 72.5. The smallest absolute Gasteiger partial charge is 0.124 e. The zero-order valence-corrected chi connectivity index (χ0v) is 10.4. The second kappa shape index (κ2) is 11.0. The summed E-state index contributed by atoms with van der Waals surface area (Å²) < 4.78 is 0. The molecule has 0 bridgehead atoms. The van der Waals surface area contributed by atoms with Crippen LogP contribution in [0.5, 0.6) is 0 Å². The van der Waals surface area contributed by atoms with E-state index in [1.165, 1.54) is 0 Å². The molecule has 0 aliphatic rings. The molecule has 8 heavy (non-hydrogen) atoms. The van der Waals surface area contributed by atoms with Gasteiger partial charge in [-0.25, -0.2) is 6.07 Å². The minimum Gasteiger partial charge on any atom is -0.304 e. The molecule has 1 heterocycles. The Balaban J connectivity index is 0. The molecule has 0 saturated heterocycles. The molecule has 0 aliphatic carbocycles. The quantitative estimate of drug-likeness (QED) is 0.499. The maximum atomic E-state index is 4.76. The summed E-state index contributed by atoms with van der Waals surface area (Å²) in [6.45, 7) is 0. The van der Waals surface area contributed by atoms with Gasteiger partial charge in [-0.3, -0.25) is 0 Å². The molecule has 42 valence electrons. The second-order valence-corrected chi connectivity index (χ2v) is 1.47. The Morgan fingerprint density at radius 3 is 2.25 bits per heavy atom. The van der Waals surface area contributed by atoms with E-state index in [0.717, 1.165) is 17.3 Å². The summed E-state index contributed by atoms with van der Waals surface area (Å²) in [5, 5.41) is 4.89. The number of hydrogen-bond donors (Lipinski definition) is 0. The van der Waals surface area contributed by atoms with E-state index >= 15 is 0 Å². The van der Waals surface area contributed by atoms with Crippen LogP contribution in [-0.4, -0.2) is 0 Å². The third-order valence-corrected chi connectivity index (χ3v) is 0.944. The average Bonchev–Trinajstić information content (AvgIpc) is 2.23. The summed E-state index contributed by atoms with van der Waals surface area (Å²) in [6, 6.07) is 3.86. The van der Waals surface area contributed by atoms with Crippen LogP contribution in [0.4, 0.5) is 0 Å². The predicted octanol–water partition coefficient (Wildman–Crippen LogP) is 2.81. The third-order valence-electron chi connectivity index (χ3n) is 0.379. The van der Waals surface area contributed by atoms with Gasteiger partial charge in [0.15, 0.2) is 0 Å². The van der Waals surface area contributed by atoms with Crippen molar-refractivity contribution in [2.75, 3.05) is 0 Å². The fourth-order valence-corrected chi connectivity index (χ4v) is 0.589. The normalized spacial score (nSPS) is 5.88. The molecule has 0 aromatic carbocycles. The number of rotatable bonds is 0. The van der Waals surface area contributed by atoms with Crippen molar-refractivity contribution in [1.29, 1.82) is 0 Å². The fraction of sp³-hybridized carbons (Fsp3) is 0. The summed E-state index contributed by atoms with van der Waals surface area (Å²) >= 11 is 2.44. The van der Waals surface area contributed by atoms with E-state index in [1.54, 1.807) is 11.3 Å². The molecule has 0 spiro atoms. The first-order chi connectivity index (χ1) is 3.50. The minimum atomic E-state index is 0. The van der Waals surface area contributed by atoms with E-state index in [1.807, 2.05) is 17.5 Å². The first-order valence-corrected chi connectivity index (χ1v) is 6.44. The number of halogens is 2. The summed E-state index contributed by atoms with van der Waals surface area (Å²) in [5.74, 6) is 0. The average molecular weight is 265 g/mol. The Kier molecular flexibility index (Phi) is 16.2. The van der Waals surface area contributed by atoms with Gasteiger partial charge in [0, 0.05) is 0 Å². The van der Waals surface area contributed by atoms with E-state index in [2.05, 4.69) is 5.38 Å². The maximum Gasteiger partial charge on any atom is -0.124 e. The molecule has 1 aromatic rings. The molecule has 0 nitrogen and oxygen atoms in total. The van der Waals surface area contributed by atoms with Crippen molar-refractivity contribution >= 4 is 38.0 Å². The molecule has 0 radical (unpaired) electrons. The van der Waals surface area contributed by atoms with Crippen LogP contribution >= 0.6 is 38.0 Å². The van der Waals surface area contributed by atoms with Crippen LogP contribution in [-0.2, 0) is 17.3 Å². The first kappa shape index (κ1) is 11.8. The van der Waals surface area contributed by atoms with E-state index in [4.69, 9.17) is 9.69 Å². The summed E-state index contributed by atoms with van der Waals surface area (Å²) in [7, 11) is 4.76. The molecule has 1 rings (SSSR count). The van der Waals surface area contributed by atoms with Crippen LogP contribution in [0.1, 0.15) is 0 Å². The van der Waals surface area contributed by atoms with Gasteiger partial charge >= 0.3 is 27.0 Å². The zero-order chi connectivity index (χ0) is 5.54. The largest absolute Gasteiger partial charge is 0.304 e. The molecule has 0 unspecified atom stereocenters. The second-order valence-electron chi connectivity index (χ2n) is 0.731. The van der Waals surface area contributed by atoms with Gasteiger partial charge in [-0.1, -0.05) is 0 Å². The molecule has 0 N–H and O–H groups in total. The van der Waals surface area contributed by atoms with E-state index < -0.39 is 0 Å². The van der Waals surface area contributed by atoms with Crippen molar-refractivity contribution in [3.05, 3.63) is 22.9 Å². The van der Waals surface area contributed by atoms with Crippen LogP contribution in [0.2, 0.25) is 0 Å². The van der Waals surface area contributed by atoms with E-state index in [9.17, 15) is 0 Å². The maximum absolute atomic E-state index is 4.76. The van der Waals surface area contributed by atoms with Crippen LogP contribution in [0.15, 0.2) is 17.5 Å². The molecular weight excluding hydrogens is 261 g/mol. The molecular formula is C4H4BrClSZn. The molecule has 0 atom stereocenters. The molecule has 4 heteroatoms. The van der Waals surface area contributed by atoms with Crippen LogP contribution in [0.3, 0.4) is 0 Å². The van der Waals surface area contributed by atoms with Gasteiger partial charge in [0.2, 0.25) is 0 Å². The van der Waals surface area contributed by atoms with E-state index in [0.29, 0.717) is 0 Å². The molecule has 1 aromatic heterocycles. The number of hydrogen-bond acceptors (Lipinski definition) is 1. The van der Waals surface area contributed by atoms with Crippen molar-refractivity contribution in [2.24, 2.45) is 0 Å². The van der Waals surface area contributed by atoms with Crippen LogP contribution in [0.25, 0.3) is 0 Å². The van der Waals surface area contributed by atoms with Crippen molar-refractivity contribution in [3.63, 3.8) is 0 Å². The van der Waals surface area contributed by atoms with Gasteiger partial charge in [0.25, 0.3) is 0 Å². The standard InChI is InChI=1S/C4H3S.BrH.ClH.Zn/c1-2-4-5-3-1;;;/h1-3H;2*1H;/q-1;;;+2/p-1.